The van der Waals surface area contributed by atoms with Crippen molar-refractivity contribution in [3.63, 3.8) is 0 Å². The van der Waals surface area contributed by atoms with E-state index in [0.717, 1.165) is 10.6 Å². The van der Waals surface area contributed by atoms with Gasteiger partial charge in [0.2, 0.25) is 5.82 Å². The van der Waals surface area contributed by atoms with Gasteiger partial charge in [-0.05, 0) is 37.0 Å². The molecule has 0 spiro atoms. The number of fused-ring (bicyclic) bond motifs is 1. The normalized spacial score (nSPS) is 17.6. The highest BCUT2D eigenvalue weighted by atomic mass is 19.4. The SMILES string of the molecule is CCc1nc(C(F)(F)F)n2c1C(CCc1ccc(C(F)(F)F)c(F)c1)NCC2. The van der Waals surface area contributed by atoms with Crippen LogP contribution in [0.3, 0.4) is 0 Å². The predicted molar refractivity (Wildman–Crippen MR) is 87.1 cm³/mol. The lowest BCUT2D eigenvalue weighted by Crippen LogP contribution is -2.35. The molecule has 28 heavy (non-hydrogen) atoms. The van der Waals surface area contributed by atoms with E-state index in [0.29, 0.717) is 42.4 Å². The summed E-state index contributed by atoms with van der Waals surface area (Å²) in [7, 11) is 0. The van der Waals surface area contributed by atoms with Gasteiger partial charge in [0.05, 0.1) is 17.0 Å². The molecule has 1 unspecified atom stereocenters. The number of halogens is 7. The molecule has 1 N–H and O–H groups in total. The highest BCUT2D eigenvalue weighted by Crippen LogP contribution is 2.36. The third-order valence-corrected chi connectivity index (χ3v) is 4.79. The monoisotopic (exact) mass is 409 g/mol. The first-order valence-electron chi connectivity index (χ1n) is 8.77. The van der Waals surface area contributed by atoms with Gasteiger partial charge in [0.15, 0.2) is 0 Å². The summed E-state index contributed by atoms with van der Waals surface area (Å²) in [6.07, 6.45) is -8.51. The Morgan fingerprint density at radius 1 is 1.14 bits per heavy atom. The fourth-order valence-corrected chi connectivity index (χ4v) is 3.55. The van der Waals surface area contributed by atoms with E-state index in [2.05, 4.69) is 10.3 Å². The number of nitrogens with zero attached hydrogens (tertiary/aromatic N) is 2. The van der Waals surface area contributed by atoms with Gasteiger partial charge in [-0.1, -0.05) is 13.0 Å². The van der Waals surface area contributed by atoms with Crippen LogP contribution < -0.4 is 5.32 Å². The zero-order valence-corrected chi connectivity index (χ0v) is 14.9. The number of aromatic nitrogens is 2. The average Bonchev–Trinajstić information content (AvgIpc) is 2.98. The first-order valence-corrected chi connectivity index (χ1v) is 8.77. The minimum atomic E-state index is -4.77. The zero-order chi connectivity index (χ0) is 20.7. The average molecular weight is 409 g/mol. The Labute approximate surface area is 156 Å². The van der Waals surface area contributed by atoms with Crippen LogP contribution in [-0.2, 0) is 31.7 Å². The molecule has 10 heteroatoms. The number of rotatable bonds is 4. The summed E-state index contributed by atoms with van der Waals surface area (Å²) in [5.74, 6) is -2.30. The summed E-state index contributed by atoms with van der Waals surface area (Å²) < 4.78 is 92.6. The topological polar surface area (TPSA) is 29.9 Å². The number of benzene rings is 1. The number of imidazole rings is 1. The van der Waals surface area contributed by atoms with E-state index in [4.69, 9.17) is 0 Å². The maximum Gasteiger partial charge on any atom is 0.449 e. The molecule has 3 rings (SSSR count). The maximum atomic E-state index is 13.7. The van der Waals surface area contributed by atoms with Crippen molar-refractivity contribution in [3.05, 3.63) is 52.4 Å². The lowest BCUT2D eigenvalue weighted by molar-refractivity contribution is -0.147. The molecular weight excluding hydrogens is 391 g/mol. The maximum absolute atomic E-state index is 13.7. The largest absolute Gasteiger partial charge is 0.449 e. The van der Waals surface area contributed by atoms with Gasteiger partial charge in [-0.2, -0.15) is 26.3 Å². The smallest absolute Gasteiger partial charge is 0.321 e. The van der Waals surface area contributed by atoms with E-state index in [1.54, 1.807) is 6.92 Å². The highest BCUT2D eigenvalue weighted by Gasteiger charge is 2.40. The van der Waals surface area contributed by atoms with Gasteiger partial charge in [0, 0.05) is 19.1 Å². The van der Waals surface area contributed by atoms with Crippen LogP contribution >= 0.6 is 0 Å². The second-order valence-electron chi connectivity index (χ2n) is 6.63. The molecule has 1 aliphatic rings. The van der Waals surface area contributed by atoms with Gasteiger partial charge in [-0.3, -0.25) is 0 Å². The third kappa shape index (κ3) is 4.01. The summed E-state index contributed by atoms with van der Waals surface area (Å²) in [4.78, 5) is 3.75. The summed E-state index contributed by atoms with van der Waals surface area (Å²) in [6.45, 7) is 2.14. The van der Waals surface area contributed by atoms with Crippen molar-refractivity contribution >= 4 is 0 Å². The van der Waals surface area contributed by atoms with Crippen LogP contribution in [0.1, 0.15) is 47.7 Å². The summed E-state index contributed by atoms with van der Waals surface area (Å²) in [6, 6.07) is 2.25. The van der Waals surface area contributed by atoms with E-state index in [9.17, 15) is 30.7 Å². The molecule has 2 heterocycles. The standard InChI is InChI=1S/C18H18F7N3/c1-2-13-15-14(26-7-8-28(15)16(27-13)18(23,24)25)6-4-10-3-5-11(12(19)9-10)17(20,21)22/h3,5,9,14,26H,2,4,6-8H2,1H3. The van der Waals surface area contributed by atoms with Crippen LogP contribution in [0.2, 0.25) is 0 Å². The van der Waals surface area contributed by atoms with Crippen molar-refractivity contribution in [1.29, 1.82) is 0 Å². The van der Waals surface area contributed by atoms with Crippen LogP contribution in [0.5, 0.6) is 0 Å². The second kappa shape index (κ2) is 7.38. The fourth-order valence-electron chi connectivity index (χ4n) is 3.55. The minimum absolute atomic E-state index is 0.128. The van der Waals surface area contributed by atoms with Crippen LogP contribution in [-0.4, -0.2) is 16.1 Å². The molecule has 0 bridgehead atoms. The van der Waals surface area contributed by atoms with Crippen molar-refractivity contribution in [3.8, 4) is 0 Å². The number of alkyl halides is 6. The summed E-state index contributed by atoms with van der Waals surface area (Å²) >= 11 is 0. The second-order valence-corrected chi connectivity index (χ2v) is 6.63. The third-order valence-electron chi connectivity index (χ3n) is 4.79. The zero-order valence-electron chi connectivity index (χ0n) is 14.9. The number of aryl methyl sites for hydroxylation is 2. The first-order chi connectivity index (χ1) is 13.0. The van der Waals surface area contributed by atoms with Crippen LogP contribution in [0.25, 0.3) is 0 Å². The Bertz CT molecular complexity index is 852. The quantitative estimate of drug-likeness (QED) is 0.728. The molecule has 0 fully saturated rings. The molecule has 0 aliphatic carbocycles. The Balaban J connectivity index is 1.83. The van der Waals surface area contributed by atoms with E-state index in [1.165, 1.54) is 6.07 Å². The van der Waals surface area contributed by atoms with Crippen LogP contribution in [0.15, 0.2) is 18.2 Å². The fraction of sp³-hybridized carbons (Fsp3) is 0.500. The van der Waals surface area contributed by atoms with E-state index < -0.39 is 35.6 Å². The molecule has 0 radical (unpaired) electrons. The predicted octanol–water partition coefficient (Wildman–Crippen LogP) is 4.90. The van der Waals surface area contributed by atoms with Crippen molar-refractivity contribution in [2.75, 3.05) is 6.54 Å². The Hall–Kier alpha value is -2.10. The first kappa shape index (κ1) is 20.6. The molecular formula is C18H18F7N3. The molecule has 0 saturated carbocycles. The van der Waals surface area contributed by atoms with Crippen molar-refractivity contribution in [2.24, 2.45) is 0 Å². The van der Waals surface area contributed by atoms with Gasteiger partial charge in [0.25, 0.3) is 0 Å². The van der Waals surface area contributed by atoms with Crippen molar-refractivity contribution in [1.82, 2.24) is 14.9 Å². The Kier molecular flexibility index (Phi) is 5.44. The molecule has 154 valence electrons. The summed E-state index contributed by atoms with van der Waals surface area (Å²) in [5, 5.41) is 3.13. The van der Waals surface area contributed by atoms with Gasteiger partial charge in [0.1, 0.15) is 5.82 Å². The van der Waals surface area contributed by atoms with Gasteiger partial charge < -0.3 is 9.88 Å². The molecule has 0 saturated heterocycles. The Morgan fingerprint density at radius 3 is 2.43 bits per heavy atom. The van der Waals surface area contributed by atoms with Crippen LogP contribution in [0, 0.1) is 5.82 Å². The molecule has 1 aromatic carbocycles. The molecule has 3 nitrogen and oxygen atoms in total. The molecule has 1 aliphatic heterocycles. The van der Waals surface area contributed by atoms with Crippen molar-refractivity contribution in [2.45, 2.75) is 51.1 Å². The molecule has 0 amide bonds. The van der Waals surface area contributed by atoms with Gasteiger partial charge >= 0.3 is 12.4 Å². The molecule has 1 atom stereocenters. The number of nitrogens with one attached hydrogen (secondary N) is 1. The van der Waals surface area contributed by atoms with Gasteiger partial charge in [-0.15, -0.1) is 0 Å². The van der Waals surface area contributed by atoms with E-state index in [-0.39, 0.29) is 13.0 Å². The van der Waals surface area contributed by atoms with Crippen LogP contribution in [0.4, 0.5) is 30.7 Å². The lowest BCUT2D eigenvalue weighted by atomic mass is 9.98. The van der Waals surface area contributed by atoms with Gasteiger partial charge in [-0.25, -0.2) is 9.37 Å². The Morgan fingerprint density at radius 2 is 1.86 bits per heavy atom. The van der Waals surface area contributed by atoms with E-state index in [1.807, 2.05) is 0 Å². The van der Waals surface area contributed by atoms with Crippen molar-refractivity contribution < 1.29 is 30.7 Å². The molecule has 1 aromatic heterocycles. The number of hydrogen-bond donors (Lipinski definition) is 1. The minimum Gasteiger partial charge on any atom is -0.321 e. The summed E-state index contributed by atoms with van der Waals surface area (Å²) in [5.41, 5.74) is -0.220. The lowest BCUT2D eigenvalue weighted by Gasteiger charge is -2.28. The van der Waals surface area contributed by atoms with E-state index >= 15 is 0 Å². The number of hydrogen-bond acceptors (Lipinski definition) is 2. The highest BCUT2D eigenvalue weighted by molar-refractivity contribution is 5.28. The molecule has 2 aromatic rings.